The molecule has 0 bridgehead atoms. The average Bonchev–Trinajstić information content (AvgIpc) is 2.88. The SMILES string of the molecule is COc1ccc2ncc(Cl)c([C@H](F)CCC3(CC(=O)O)CCN(CCSc4cccnc4)CC3)c2c1. The van der Waals surface area contributed by atoms with E-state index in [1.54, 1.807) is 43.3 Å². The molecule has 3 aromatic rings. The summed E-state index contributed by atoms with van der Waals surface area (Å²) in [5.74, 6) is 0.723. The maximum absolute atomic E-state index is 15.7. The Morgan fingerprint density at radius 3 is 2.81 bits per heavy atom. The van der Waals surface area contributed by atoms with Crippen LogP contribution in [0.15, 0.2) is 53.8 Å². The topological polar surface area (TPSA) is 75.6 Å². The van der Waals surface area contributed by atoms with Gasteiger partial charge < -0.3 is 14.7 Å². The van der Waals surface area contributed by atoms with Gasteiger partial charge in [0, 0.05) is 46.7 Å². The molecule has 1 aliphatic rings. The van der Waals surface area contributed by atoms with E-state index < -0.39 is 17.6 Å². The van der Waals surface area contributed by atoms with Gasteiger partial charge in [-0.3, -0.25) is 14.8 Å². The van der Waals surface area contributed by atoms with Gasteiger partial charge in [0.2, 0.25) is 0 Å². The van der Waals surface area contributed by atoms with Crippen molar-refractivity contribution in [3.8, 4) is 5.75 Å². The van der Waals surface area contributed by atoms with Gasteiger partial charge in [0.25, 0.3) is 0 Å². The molecule has 6 nitrogen and oxygen atoms in total. The number of carbonyl (C=O) groups is 1. The highest BCUT2D eigenvalue weighted by atomic mass is 35.5. The Bertz CT molecular complexity index is 1180. The number of likely N-dealkylation sites (tertiary alicyclic amines) is 1. The first-order valence-electron chi connectivity index (χ1n) is 12.1. The summed E-state index contributed by atoms with van der Waals surface area (Å²) in [5, 5.41) is 10.5. The van der Waals surface area contributed by atoms with Crippen LogP contribution in [0.2, 0.25) is 5.02 Å². The average molecular weight is 532 g/mol. The molecule has 0 spiro atoms. The fraction of sp³-hybridized carbons (Fsp3) is 0.444. The molecular formula is C27H31ClFN3O3S. The first kappa shape index (κ1) is 26.6. The number of piperidine rings is 1. The fourth-order valence-corrected chi connectivity index (χ4v) is 6.17. The molecule has 0 amide bonds. The van der Waals surface area contributed by atoms with Crippen molar-refractivity contribution >= 4 is 40.2 Å². The molecule has 1 atom stereocenters. The Morgan fingerprint density at radius 1 is 1.31 bits per heavy atom. The molecule has 1 N–H and O–H groups in total. The minimum absolute atomic E-state index is 0.0522. The molecule has 36 heavy (non-hydrogen) atoms. The van der Waals surface area contributed by atoms with Gasteiger partial charge in [-0.1, -0.05) is 11.6 Å². The largest absolute Gasteiger partial charge is 0.497 e. The van der Waals surface area contributed by atoms with Crippen molar-refractivity contribution in [2.24, 2.45) is 5.41 Å². The molecule has 0 radical (unpaired) electrons. The van der Waals surface area contributed by atoms with E-state index in [1.807, 2.05) is 18.3 Å². The molecule has 1 fully saturated rings. The number of ether oxygens (including phenoxy) is 1. The van der Waals surface area contributed by atoms with E-state index in [2.05, 4.69) is 14.9 Å². The normalized spacial score (nSPS) is 16.6. The molecule has 0 saturated carbocycles. The maximum Gasteiger partial charge on any atom is 0.303 e. The molecular weight excluding hydrogens is 501 g/mol. The molecule has 0 aliphatic carbocycles. The quantitative estimate of drug-likeness (QED) is 0.286. The Morgan fingerprint density at radius 2 is 2.11 bits per heavy atom. The Kier molecular flexibility index (Phi) is 9.04. The molecule has 3 heterocycles. The number of nitrogens with zero attached hydrogens (tertiary/aromatic N) is 3. The number of carboxylic acid groups (broad SMARTS) is 1. The van der Waals surface area contributed by atoms with Crippen molar-refractivity contribution in [1.29, 1.82) is 0 Å². The molecule has 1 aromatic carbocycles. The van der Waals surface area contributed by atoms with Gasteiger partial charge in [0.05, 0.1) is 24.1 Å². The number of alkyl halides is 1. The van der Waals surface area contributed by atoms with Crippen LogP contribution in [-0.2, 0) is 4.79 Å². The minimum Gasteiger partial charge on any atom is -0.497 e. The van der Waals surface area contributed by atoms with E-state index in [9.17, 15) is 9.90 Å². The lowest BCUT2D eigenvalue weighted by Gasteiger charge is -2.41. The zero-order chi connectivity index (χ0) is 25.5. The summed E-state index contributed by atoms with van der Waals surface area (Å²) >= 11 is 8.16. The van der Waals surface area contributed by atoms with Crippen LogP contribution >= 0.6 is 23.4 Å². The summed E-state index contributed by atoms with van der Waals surface area (Å²) in [7, 11) is 1.56. The number of methoxy groups -OCH3 is 1. The number of hydrogen-bond donors (Lipinski definition) is 1. The Labute approximate surface area is 220 Å². The summed E-state index contributed by atoms with van der Waals surface area (Å²) in [6, 6.07) is 9.30. The lowest BCUT2D eigenvalue weighted by Crippen LogP contribution is -2.42. The summed E-state index contributed by atoms with van der Waals surface area (Å²) in [6.07, 6.45) is 6.01. The van der Waals surface area contributed by atoms with Crippen LogP contribution in [0.5, 0.6) is 5.75 Å². The molecule has 0 unspecified atom stereocenters. The standard InChI is InChI=1S/C27H31ClFN3O3S/c1-35-19-4-5-24-21(15-19)26(22(28)18-31-24)23(29)6-7-27(16-25(33)34)8-11-32(12-9-27)13-14-36-20-3-2-10-30-17-20/h2-5,10,15,17-18,23H,6-9,11-14,16H2,1H3,(H,33,34)/t23-/m1/s1. The van der Waals surface area contributed by atoms with Crippen molar-refractivity contribution in [3.63, 3.8) is 0 Å². The first-order chi connectivity index (χ1) is 17.4. The Hall–Kier alpha value is -2.42. The van der Waals surface area contributed by atoms with Crippen molar-refractivity contribution < 1.29 is 19.0 Å². The van der Waals surface area contributed by atoms with Crippen LogP contribution < -0.4 is 4.74 Å². The second-order valence-corrected chi connectivity index (χ2v) is 10.9. The number of fused-ring (bicyclic) bond motifs is 1. The van der Waals surface area contributed by atoms with Crippen LogP contribution in [0.1, 0.15) is 43.8 Å². The van der Waals surface area contributed by atoms with Crippen molar-refractivity contribution in [2.75, 3.05) is 32.5 Å². The van der Waals surface area contributed by atoms with E-state index >= 15 is 4.39 Å². The predicted octanol–water partition coefficient (Wildman–Crippen LogP) is 6.43. The number of benzene rings is 1. The number of aliphatic carboxylic acids is 1. The van der Waals surface area contributed by atoms with E-state index in [-0.39, 0.29) is 17.9 Å². The fourth-order valence-electron chi connectivity index (χ4n) is 5.00. The first-order valence-corrected chi connectivity index (χ1v) is 13.5. The summed E-state index contributed by atoms with van der Waals surface area (Å²) < 4.78 is 21.0. The van der Waals surface area contributed by atoms with Crippen LogP contribution in [0.3, 0.4) is 0 Å². The number of aromatic nitrogens is 2. The third-order valence-electron chi connectivity index (χ3n) is 7.06. The molecule has 192 valence electrons. The van der Waals surface area contributed by atoms with E-state index in [4.69, 9.17) is 16.3 Å². The number of halogens is 2. The van der Waals surface area contributed by atoms with Crippen LogP contribution in [0, 0.1) is 5.41 Å². The van der Waals surface area contributed by atoms with Gasteiger partial charge in [-0.15, -0.1) is 11.8 Å². The molecule has 1 aliphatic heterocycles. The predicted molar refractivity (Wildman–Crippen MR) is 142 cm³/mol. The molecule has 9 heteroatoms. The Balaban J connectivity index is 1.39. The lowest BCUT2D eigenvalue weighted by molar-refractivity contribution is -0.141. The molecule has 4 rings (SSSR count). The zero-order valence-corrected chi connectivity index (χ0v) is 21.9. The third-order valence-corrected chi connectivity index (χ3v) is 8.33. The van der Waals surface area contributed by atoms with Crippen LogP contribution in [0.25, 0.3) is 10.9 Å². The van der Waals surface area contributed by atoms with E-state index in [0.29, 0.717) is 28.6 Å². The summed E-state index contributed by atoms with van der Waals surface area (Å²) in [4.78, 5) is 23.7. The second kappa shape index (κ2) is 12.2. The minimum atomic E-state index is -1.32. The summed E-state index contributed by atoms with van der Waals surface area (Å²) in [6.45, 7) is 2.55. The van der Waals surface area contributed by atoms with Crippen molar-refractivity contribution in [3.05, 3.63) is 59.5 Å². The highest BCUT2D eigenvalue weighted by Crippen LogP contribution is 2.44. The van der Waals surface area contributed by atoms with Gasteiger partial charge in [0.15, 0.2) is 0 Å². The van der Waals surface area contributed by atoms with Gasteiger partial charge in [-0.25, -0.2) is 4.39 Å². The number of pyridine rings is 2. The zero-order valence-electron chi connectivity index (χ0n) is 20.3. The highest BCUT2D eigenvalue weighted by Gasteiger charge is 2.37. The third kappa shape index (κ3) is 6.66. The smallest absolute Gasteiger partial charge is 0.303 e. The van der Waals surface area contributed by atoms with Crippen molar-refractivity contribution in [1.82, 2.24) is 14.9 Å². The van der Waals surface area contributed by atoms with Crippen LogP contribution in [-0.4, -0.2) is 58.4 Å². The van der Waals surface area contributed by atoms with Crippen LogP contribution in [0.4, 0.5) is 4.39 Å². The molecule has 1 saturated heterocycles. The number of thioether (sulfide) groups is 1. The summed E-state index contributed by atoms with van der Waals surface area (Å²) in [5.41, 5.74) is 0.627. The van der Waals surface area contributed by atoms with Crippen molar-refractivity contribution in [2.45, 2.75) is 43.2 Å². The monoisotopic (exact) mass is 531 g/mol. The number of carboxylic acids is 1. The van der Waals surface area contributed by atoms with Gasteiger partial charge in [0.1, 0.15) is 11.9 Å². The van der Waals surface area contributed by atoms with Gasteiger partial charge >= 0.3 is 5.97 Å². The number of rotatable bonds is 11. The second-order valence-electron chi connectivity index (χ2n) is 9.36. The molecule has 2 aromatic heterocycles. The maximum atomic E-state index is 15.7. The lowest BCUT2D eigenvalue weighted by atomic mass is 9.71. The number of hydrogen-bond acceptors (Lipinski definition) is 6. The van der Waals surface area contributed by atoms with E-state index in [1.165, 1.54) is 6.20 Å². The van der Waals surface area contributed by atoms with Gasteiger partial charge in [-0.2, -0.15) is 0 Å². The highest BCUT2D eigenvalue weighted by molar-refractivity contribution is 7.99. The van der Waals surface area contributed by atoms with Gasteiger partial charge in [-0.05, 0) is 74.5 Å². The van der Waals surface area contributed by atoms with E-state index in [0.717, 1.165) is 43.1 Å².